The number of halogens is 3. The minimum Gasteiger partial charge on any atom is -0.378 e. The first-order chi connectivity index (χ1) is 15.7. The lowest BCUT2D eigenvalue weighted by molar-refractivity contribution is -0.174. The normalized spacial score (nSPS) is 13.8. The number of nitrogens with one attached hydrogen (secondary N) is 2. The molecule has 2 aromatic rings. The average molecular weight is 464 g/mol. The molecule has 0 radical (unpaired) electrons. The minimum atomic E-state index is -5.10. The van der Waals surface area contributed by atoms with E-state index in [0.29, 0.717) is 32.8 Å². The summed E-state index contributed by atoms with van der Waals surface area (Å²) in [5.41, 5.74) is 4.76. The lowest BCUT2D eigenvalue weighted by atomic mass is 10.1. The molecule has 0 aliphatic carbocycles. The third-order valence-corrected chi connectivity index (χ3v) is 4.90. The molecule has 1 saturated heterocycles. The molecule has 1 aliphatic heterocycles. The number of carbonyl (C=O) groups is 3. The van der Waals surface area contributed by atoms with Gasteiger partial charge in [-0.1, -0.05) is 42.5 Å². The fourth-order valence-electron chi connectivity index (χ4n) is 3.19. The van der Waals surface area contributed by atoms with E-state index in [1.54, 1.807) is 27.4 Å². The molecule has 0 saturated carbocycles. The van der Waals surface area contributed by atoms with Gasteiger partial charge in [0.25, 0.3) is 5.91 Å². The maximum absolute atomic E-state index is 13.1. The molecule has 1 aliphatic rings. The highest BCUT2D eigenvalue weighted by atomic mass is 19.4. The second kappa shape index (κ2) is 10.8. The van der Waals surface area contributed by atoms with E-state index in [4.69, 9.17) is 4.74 Å². The van der Waals surface area contributed by atoms with Crippen LogP contribution in [-0.2, 0) is 22.6 Å². The molecule has 8 nitrogen and oxygen atoms in total. The largest absolute Gasteiger partial charge is 0.472 e. The molecule has 33 heavy (non-hydrogen) atoms. The first kappa shape index (κ1) is 24.1. The van der Waals surface area contributed by atoms with Crippen LogP contribution in [0, 0.1) is 0 Å². The van der Waals surface area contributed by atoms with E-state index >= 15 is 0 Å². The van der Waals surface area contributed by atoms with Crippen molar-refractivity contribution in [2.24, 2.45) is 0 Å². The summed E-state index contributed by atoms with van der Waals surface area (Å²) in [6, 6.07) is 15.4. The van der Waals surface area contributed by atoms with Crippen LogP contribution in [0.5, 0.6) is 0 Å². The molecule has 176 valence electrons. The van der Waals surface area contributed by atoms with E-state index in [2.05, 4.69) is 0 Å². The fraction of sp³-hybridized carbons (Fsp3) is 0.318. The molecule has 0 spiro atoms. The second-order valence-electron chi connectivity index (χ2n) is 7.33. The summed E-state index contributed by atoms with van der Waals surface area (Å²) < 4.78 is 42.0. The number of urea groups is 1. The molecule has 1 heterocycles. The lowest BCUT2D eigenvalue weighted by Crippen LogP contribution is -2.47. The standard InChI is InChI=1S/C22H23F3N4O4/c23-22(24,25)20(31)27-26-19(30)18-8-6-17(7-9-18)15-29(14-16-4-2-1-3-5-16)21(32)28-10-12-33-13-11-28/h1-9H,10-15H2,(H,26,30)(H,27,31). The first-order valence-corrected chi connectivity index (χ1v) is 10.2. The molecule has 3 rings (SSSR count). The molecule has 2 aromatic carbocycles. The van der Waals surface area contributed by atoms with Gasteiger partial charge in [0.1, 0.15) is 0 Å². The Balaban J connectivity index is 1.67. The molecular formula is C22H23F3N4O4. The van der Waals surface area contributed by atoms with Crippen molar-refractivity contribution < 1.29 is 32.3 Å². The molecule has 4 amide bonds. The van der Waals surface area contributed by atoms with E-state index in [0.717, 1.165) is 11.1 Å². The molecule has 11 heteroatoms. The Labute approximate surface area is 188 Å². The number of hydrazine groups is 1. The van der Waals surface area contributed by atoms with Crippen molar-refractivity contribution in [3.63, 3.8) is 0 Å². The number of alkyl halides is 3. The predicted molar refractivity (Wildman–Crippen MR) is 112 cm³/mol. The molecule has 1 fully saturated rings. The summed E-state index contributed by atoms with van der Waals surface area (Å²) in [5, 5.41) is 0. The Kier molecular flexibility index (Phi) is 7.88. The van der Waals surface area contributed by atoms with Crippen LogP contribution < -0.4 is 10.9 Å². The Bertz CT molecular complexity index is 962. The topological polar surface area (TPSA) is 91.0 Å². The zero-order valence-corrected chi connectivity index (χ0v) is 17.6. The Morgan fingerprint density at radius 3 is 2.03 bits per heavy atom. The van der Waals surface area contributed by atoms with Crippen LogP contribution in [0.15, 0.2) is 54.6 Å². The highest BCUT2D eigenvalue weighted by molar-refractivity contribution is 5.95. The number of nitrogens with zero attached hydrogens (tertiary/aromatic N) is 2. The van der Waals surface area contributed by atoms with Crippen molar-refractivity contribution in [3.8, 4) is 0 Å². The summed E-state index contributed by atoms with van der Waals surface area (Å²) in [7, 11) is 0. The van der Waals surface area contributed by atoms with E-state index in [-0.39, 0.29) is 18.1 Å². The molecule has 0 atom stereocenters. The molecule has 0 bridgehead atoms. The number of benzene rings is 2. The van der Waals surface area contributed by atoms with Gasteiger partial charge in [-0.25, -0.2) is 4.79 Å². The van der Waals surface area contributed by atoms with Crippen LogP contribution >= 0.6 is 0 Å². The average Bonchev–Trinajstić information content (AvgIpc) is 2.82. The molecule has 0 aromatic heterocycles. The number of hydrogen-bond donors (Lipinski definition) is 2. The monoisotopic (exact) mass is 464 g/mol. The Hall–Kier alpha value is -3.60. The molecule has 2 N–H and O–H groups in total. The molecular weight excluding hydrogens is 441 g/mol. The van der Waals surface area contributed by atoms with Gasteiger partial charge in [0, 0.05) is 31.7 Å². The van der Waals surface area contributed by atoms with Crippen molar-refractivity contribution in [2.45, 2.75) is 19.3 Å². The van der Waals surface area contributed by atoms with E-state index in [1.165, 1.54) is 17.6 Å². The summed E-state index contributed by atoms with van der Waals surface area (Å²) in [4.78, 5) is 39.3. The van der Waals surface area contributed by atoms with Gasteiger partial charge in [0.05, 0.1) is 13.2 Å². The first-order valence-electron chi connectivity index (χ1n) is 10.2. The van der Waals surface area contributed by atoms with Gasteiger partial charge in [0.2, 0.25) is 0 Å². The van der Waals surface area contributed by atoms with Crippen LogP contribution in [0.25, 0.3) is 0 Å². The summed E-state index contributed by atoms with van der Waals surface area (Å²) in [6.45, 7) is 2.57. The highest BCUT2D eigenvalue weighted by Crippen LogP contribution is 2.15. The van der Waals surface area contributed by atoms with Crippen molar-refractivity contribution in [2.75, 3.05) is 26.3 Å². The maximum Gasteiger partial charge on any atom is 0.472 e. The number of rotatable bonds is 5. The van der Waals surface area contributed by atoms with Gasteiger partial charge >= 0.3 is 18.1 Å². The van der Waals surface area contributed by atoms with Crippen LogP contribution in [0.4, 0.5) is 18.0 Å². The lowest BCUT2D eigenvalue weighted by Gasteiger charge is -2.33. The number of ether oxygens (including phenoxy) is 1. The number of hydrogen-bond acceptors (Lipinski definition) is 4. The minimum absolute atomic E-state index is 0.0512. The van der Waals surface area contributed by atoms with Gasteiger partial charge in [-0.15, -0.1) is 0 Å². The highest BCUT2D eigenvalue weighted by Gasteiger charge is 2.39. The van der Waals surface area contributed by atoms with Crippen LogP contribution in [0.3, 0.4) is 0 Å². The predicted octanol–water partition coefficient (Wildman–Crippen LogP) is 2.46. The number of morpholine rings is 1. The van der Waals surface area contributed by atoms with Gasteiger partial charge in [-0.3, -0.25) is 20.4 Å². The van der Waals surface area contributed by atoms with Gasteiger partial charge < -0.3 is 14.5 Å². The van der Waals surface area contributed by atoms with E-state index in [1.807, 2.05) is 30.3 Å². The quantitative estimate of drug-likeness (QED) is 0.666. The zero-order valence-electron chi connectivity index (χ0n) is 17.6. The number of amides is 4. The van der Waals surface area contributed by atoms with Crippen LogP contribution in [0.2, 0.25) is 0 Å². The summed E-state index contributed by atoms with van der Waals surface area (Å²) in [6.07, 6.45) is -5.10. The van der Waals surface area contributed by atoms with Crippen molar-refractivity contribution >= 4 is 17.8 Å². The SMILES string of the molecule is O=C(NNC(=O)C(F)(F)F)c1ccc(CN(Cc2ccccc2)C(=O)N2CCOCC2)cc1. The Morgan fingerprint density at radius 1 is 0.879 bits per heavy atom. The van der Waals surface area contributed by atoms with E-state index < -0.39 is 18.0 Å². The summed E-state index contributed by atoms with van der Waals surface area (Å²) >= 11 is 0. The fourth-order valence-corrected chi connectivity index (χ4v) is 3.19. The Morgan fingerprint density at radius 2 is 1.45 bits per heavy atom. The van der Waals surface area contributed by atoms with Gasteiger partial charge in [0.15, 0.2) is 0 Å². The van der Waals surface area contributed by atoms with Gasteiger partial charge in [-0.2, -0.15) is 13.2 Å². The third kappa shape index (κ3) is 6.94. The van der Waals surface area contributed by atoms with E-state index in [9.17, 15) is 27.6 Å². The van der Waals surface area contributed by atoms with Crippen molar-refractivity contribution in [3.05, 3.63) is 71.3 Å². The third-order valence-electron chi connectivity index (χ3n) is 4.90. The number of carbonyl (C=O) groups excluding carboxylic acids is 3. The smallest absolute Gasteiger partial charge is 0.378 e. The zero-order chi connectivity index (χ0) is 23.8. The van der Waals surface area contributed by atoms with Crippen LogP contribution in [0.1, 0.15) is 21.5 Å². The van der Waals surface area contributed by atoms with Crippen molar-refractivity contribution in [1.82, 2.24) is 20.7 Å². The second-order valence-corrected chi connectivity index (χ2v) is 7.33. The van der Waals surface area contributed by atoms with Crippen LogP contribution in [-0.4, -0.2) is 60.1 Å². The summed E-state index contributed by atoms with van der Waals surface area (Å²) in [5.74, 6) is -3.17. The van der Waals surface area contributed by atoms with Crippen molar-refractivity contribution in [1.29, 1.82) is 0 Å². The maximum atomic E-state index is 13.1. The van der Waals surface area contributed by atoms with Gasteiger partial charge in [-0.05, 0) is 23.3 Å². The molecule has 0 unspecified atom stereocenters.